The molecule has 0 aromatic heterocycles. The van der Waals surface area contributed by atoms with Gasteiger partial charge >= 0.3 is 0 Å². The molecule has 0 spiro atoms. The van der Waals surface area contributed by atoms with Crippen LogP contribution >= 0.6 is 15.9 Å². The molecular formula is C18H26BrNO. The fourth-order valence-corrected chi connectivity index (χ4v) is 3.01. The predicted molar refractivity (Wildman–Crippen MR) is 92.7 cm³/mol. The van der Waals surface area contributed by atoms with Gasteiger partial charge in [0, 0.05) is 36.2 Å². The van der Waals surface area contributed by atoms with Crippen molar-refractivity contribution >= 4 is 15.9 Å². The van der Waals surface area contributed by atoms with Gasteiger partial charge in [0.25, 0.3) is 0 Å². The summed E-state index contributed by atoms with van der Waals surface area (Å²) in [6, 6.07) is 9.22. The van der Waals surface area contributed by atoms with Crippen LogP contribution in [0.5, 0.6) is 0 Å². The van der Waals surface area contributed by atoms with Gasteiger partial charge in [-0.25, -0.2) is 0 Å². The van der Waals surface area contributed by atoms with Crippen molar-refractivity contribution in [1.29, 1.82) is 0 Å². The highest BCUT2D eigenvalue weighted by atomic mass is 79.9. The Morgan fingerprint density at radius 1 is 1.29 bits per heavy atom. The van der Waals surface area contributed by atoms with Crippen molar-refractivity contribution in [1.82, 2.24) is 5.32 Å². The quantitative estimate of drug-likeness (QED) is 0.761. The monoisotopic (exact) mass is 351 g/mol. The highest BCUT2D eigenvalue weighted by molar-refractivity contribution is 9.10. The minimum Gasteiger partial charge on any atom is -0.381 e. The second kappa shape index (κ2) is 8.11. The largest absolute Gasteiger partial charge is 0.381 e. The molecule has 1 aromatic rings. The lowest BCUT2D eigenvalue weighted by Gasteiger charge is -2.28. The van der Waals surface area contributed by atoms with E-state index in [0.717, 1.165) is 37.1 Å². The predicted octanol–water partition coefficient (Wildman–Crippen LogP) is 4.51. The summed E-state index contributed by atoms with van der Waals surface area (Å²) in [4.78, 5) is 0. The molecule has 116 valence electrons. The first-order valence-electron chi connectivity index (χ1n) is 7.83. The van der Waals surface area contributed by atoms with Crippen LogP contribution in [0, 0.1) is 5.92 Å². The molecule has 0 saturated carbocycles. The lowest BCUT2D eigenvalue weighted by Crippen LogP contribution is -2.37. The van der Waals surface area contributed by atoms with Gasteiger partial charge in [-0.05, 0) is 36.5 Å². The normalized spacial score (nSPS) is 17.9. The van der Waals surface area contributed by atoms with Gasteiger partial charge in [0.2, 0.25) is 0 Å². The molecule has 0 bridgehead atoms. The zero-order valence-electron chi connectivity index (χ0n) is 13.1. The van der Waals surface area contributed by atoms with Crippen molar-refractivity contribution < 1.29 is 4.74 Å². The smallest absolute Gasteiger partial charge is 0.0480 e. The molecule has 1 N–H and O–H groups in total. The molecule has 1 aliphatic rings. The number of hydrogen-bond acceptors (Lipinski definition) is 2. The average Bonchev–Trinajstić information content (AvgIpc) is 2.50. The zero-order valence-corrected chi connectivity index (χ0v) is 14.7. The van der Waals surface area contributed by atoms with Crippen LogP contribution in [0.1, 0.15) is 38.2 Å². The number of halogens is 1. The van der Waals surface area contributed by atoms with E-state index in [0.29, 0.717) is 17.9 Å². The summed E-state index contributed by atoms with van der Waals surface area (Å²) in [5, 5.41) is 3.72. The van der Waals surface area contributed by atoms with Crippen molar-refractivity contribution in [2.24, 2.45) is 5.92 Å². The van der Waals surface area contributed by atoms with Gasteiger partial charge in [-0.2, -0.15) is 0 Å². The van der Waals surface area contributed by atoms with Crippen LogP contribution in [-0.2, 0) is 4.74 Å². The number of benzene rings is 1. The van der Waals surface area contributed by atoms with Crippen LogP contribution in [0.15, 0.2) is 40.9 Å². The highest BCUT2D eigenvalue weighted by Gasteiger charge is 2.20. The molecule has 2 nitrogen and oxygen atoms in total. The van der Waals surface area contributed by atoms with E-state index >= 15 is 0 Å². The third-order valence-corrected chi connectivity index (χ3v) is 4.82. The summed E-state index contributed by atoms with van der Waals surface area (Å²) < 4.78 is 6.55. The van der Waals surface area contributed by atoms with Gasteiger partial charge in [0.05, 0.1) is 0 Å². The Hall–Kier alpha value is -0.640. The number of rotatable bonds is 6. The average molecular weight is 352 g/mol. The minimum atomic E-state index is 0.376. The SMILES string of the molecule is C=C(C(C)C)[C@H](CNC1CCOCC1)c1ccc(Br)cc1. The third-order valence-electron chi connectivity index (χ3n) is 4.29. The number of nitrogens with one attached hydrogen (secondary N) is 1. The second-order valence-electron chi connectivity index (χ2n) is 6.13. The standard InChI is InChI=1S/C18H26BrNO/c1-13(2)14(3)18(15-4-6-16(19)7-5-15)12-20-17-8-10-21-11-9-17/h4-7,13,17-18,20H,3,8-12H2,1-2H3/t18-/m0/s1. The van der Waals surface area contributed by atoms with E-state index < -0.39 is 0 Å². The lowest BCUT2D eigenvalue weighted by atomic mass is 9.85. The molecular weight excluding hydrogens is 326 g/mol. The molecule has 0 radical (unpaired) electrons. The van der Waals surface area contributed by atoms with Gasteiger partial charge in [-0.3, -0.25) is 0 Å². The highest BCUT2D eigenvalue weighted by Crippen LogP contribution is 2.29. The van der Waals surface area contributed by atoms with Crippen molar-refractivity contribution in [3.8, 4) is 0 Å². The van der Waals surface area contributed by atoms with E-state index in [1.807, 2.05) is 0 Å². The summed E-state index contributed by atoms with van der Waals surface area (Å²) in [6.07, 6.45) is 2.22. The molecule has 2 rings (SSSR count). The maximum absolute atomic E-state index is 5.43. The van der Waals surface area contributed by atoms with Gasteiger partial charge in [0.1, 0.15) is 0 Å². The number of ether oxygens (including phenoxy) is 1. The van der Waals surface area contributed by atoms with E-state index in [1.165, 1.54) is 11.1 Å². The lowest BCUT2D eigenvalue weighted by molar-refractivity contribution is 0.0778. The molecule has 0 unspecified atom stereocenters. The Labute approximate surface area is 137 Å². The molecule has 1 aromatic carbocycles. The van der Waals surface area contributed by atoms with Crippen LogP contribution in [0.25, 0.3) is 0 Å². The first-order chi connectivity index (χ1) is 10.1. The van der Waals surface area contributed by atoms with E-state index in [9.17, 15) is 0 Å². The van der Waals surface area contributed by atoms with E-state index in [1.54, 1.807) is 0 Å². The molecule has 3 heteroatoms. The van der Waals surface area contributed by atoms with E-state index in [-0.39, 0.29) is 0 Å². The summed E-state index contributed by atoms with van der Waals surface area (Å²) in [5.41, 5.74) is 2.65. The molecule has 1 atom stereocenters. The first-order valence-corrected chi connectivity index (χ1v) is 8.62. The maximum Gasteiger partial charge on any atom is 0.0480 e. The van der Waals surface area contributed by atoms with Crippen LogP contribution in [0.3, 0.4) is 0 Å². The van der Waals surface area contributed by atoms with Gasteiger partial charge in [0.15, 0.2) is 0 Å². The molecule has 0 amide bonds. The Kier molecular flexibility index (Phi) is 6.46. The van der Waals surface area contributed by atoms with Gasteiger partial charge < -0.3 is 10.1 Å². The Morgan fingerprint density at radius 3 is 2.48 bits per heavy atom. The molecule has 1 saturated heterocycles. The van der Waals surface area contributed by atoms with Gasteiger partial charge in [-0.1, -0.05) is 54.1 Å². The van der Waals surface area contributed by atoms with Crippen molar-refractivity contribution in [2.45, 2.75) is 38.6 Å². The van der Waals surface area contributed by atoms with E-state index in [4.69, 9.17) is 4.74 Å². The van der Waals surface area contributed by atoms with Crippen LogP contribution < -0.4 is 5.32 Å². The summed E-state index contributed by atoms with van der Waals surface area (Å²) in [6.45, 7) is 11.5. The molecule has 1 aliphatic heterocycles. The van der Waals surface area contributed by atoms with Crippen LogP contribution in [0.2, 0.25) is 0 Å². The third kappa shape index (κ3) is 4.94. The fourth-order valence-electron chi connectivity index (χ4n) is 2.75. The Bertz CT molecular complexity index is 449. The van der Waals surface area contributed by atoms with Crippen molar-refractivity contribution in [3.05, 3.63) is 46.5 Å². The first kappa shape index (κ1) is 16.7. The van der Waals surface area contributed by atoms with Crippen molar-refractivity contribution in [3.63, 3.8) is 0 Å². The van der Waals surface area contributed by atoms with Crippen LogP contribution in [0.4, 0.5) is 0 Å². The molecule has 1 heterocycles. The zero-order chi connectivity index (χ0) is 15.2. The molecule has 0 aliphatic carbocycles. The second-order valence-corrected chi connectivity index (χ2v) is 7.04. The van der Waals surface area contributed by atoms with Gasteiger partial charge in [-0.15, -0.1) is 0 Å². The maximum atomic E-state index is 5.43. The molecule has 1 fully saturated rings. The Morgan fingerprint density at radius 2 is 1.90 bits per heavy atom. The minimum absolute atomic E-state index is 0.376. The van der Waals surface area contributed by atoms with Crippen molar-refractivity contribution in [2.75, 3.05) is 19.8 Å². The number of hydrogen-bond donors (Lipinski definition) is 1. The van der Waals surface area contributed by atoms with E-state index in [2.05, 4.69) is 65.9 Å². The topological polar surface area (TPSA) is 21.3 Å². The summed E-state index contributed by atoms with van der Waals surface area (Å²) in [5.74, 6) is 0.871. The molecule has 21 heavy (non-hydrogen) atoms. The van der Waals surface area contributed by atoms with Crippen LogP contribution in [-0.4, -0.2) is 25.8 Å². The fraction of sp³-hybridized carbons (Fsp3) is 0.556. The Balaban J connectivity index is 2.04. The summed E-state index contributed by atoms with van der Waals surface area (Å²) in [7, 11) is 0. The summed E-state index contributed by atoms with van der Waals surface area (Å²) >= 11 is 3.51.